The summed E-state index contributed by atoms with van der Waals surface area (Å²) in [5.41, 5.74) is 1.48. The molecule has 0 radical (unpaired) electrons. The molecule has 0 saturated carbocycles. The van der Waals surface area contributed by atoms with Crippen LogP contribution in [0.15, 0.2) is 48.5 Å². The van der Waals surface area contributed by atoms with E-state index in [1.54, 1.807) is 0 Å². The van der Waals surface area contributed by atoms with Gasteiger partial charge in [-0.3, -0.25) is 14.9 Å². The maximum absolute atomic E-state index is 12.2. The van der Waals surface area contributed by atoms with Gasteiger partial charge in [0.25, 0.3) is 11.6 Å². The highest BCUT2D eigenvalue weighted by molar-refractivity contribution is 5.93. The molecule has 1 amide bonds. The Balaban J connectivity index is 1.97. The van der Waals surface area contributed by atoms with Gasteiger partial charge in [-0.05, 0) is 6.07 Å². The molecule has 2 rings (SSSR count). The molecule has 1 atom stereocenters. The number of nitro groups is 1. The van der Waals surface area contributed by atoms with Crippen LogP contribution in [0.2, 0.25) is 0 Å². The lowest BCUT2D eigenvalue weighted by molar-refractivity contribution is -0.885. The summed E-state index contributed by atoms with van der Waals surface area (Å²) in [5.74, 6) is 0.0776. The number of rotatable bonds is 7. The minimum Gasteiger partial charge on any atom is -0.494 e. The number of hydrogen-bond donors (Lipinski definition) is 2. The molecule has 7 heteroatoms. The zero-order chi connectivity index (χ0) is 17.5. The van der Waals surface area contributed by atoms with E-state index in [2.05, 4.69) is 5.32 Å². The third-order valence-corrected chi connectivity index (χ3v) is 3.48. The molecule has 24 heavy (non-hydrogen) atoms. The van der Waals surface area contributed by atoms with E-state index in [4.69, 9.17) is 4.74 Å². The van der Waals surface area contributed by atoms with E-state index in [1.165, 1.54) is 25.3 Å². The number of quaternary nitrogens is 1. The van der Waals surface area contributed by atoms with Crippen LogP contribution in [0.4, 0.5) is 11.4 Å². The minimum atomic E-state index is -0.508. The van der Waals surface area contributed by atoms with Gasteiger partial charge in [-0.15, -0.1) is 0 Å². The molecular weight excluding hydrogens is 310 g/mol. The van der Waals surface area contributed by atoms with Crippen molar-refractivity contribution in [1.29, 1.82) is 0 Å². The van der Waals surface area contributed by atoms with E-state index >= 15 is 0 Å². The topological polar surface area (TPSA) is 85.9 Å². The third-order valence-electron chi connectivity index (χ3n) is 3.48. The highest BCUT2D eigenvalue weighted by atomic mass is 16.6. The Morgan fingerprint density at radius 2 is 1.96 bits per heavy atom. The second kappa shape index (κ2) is 8.07. The first-order valence-corrected chi connectivity index (χ1v) is 7.47. The molecule has 0 bridgehead atoms. The lowest BCUT2D eigenvalue weighted by Crippen LogP contribution is -3.08. The summed E-state index contributed by atoms with van der Waals surface area (Å²) in [7, 11) is 3.33. The molecule has 2 aromatic rings. The Bertz CT molecular complexity index is 719. The fourth-order valence-electron chi connectivity index (χ4n) is 2.37. The van der Waals surface area contributed by atoms with Gasteiger partial charge in [-0.1, -0.05) is 30.3 Å². The first-order valence-electron chi connectivity index (χ1n) is 7.47. The van der Waals surface area contributed by atoms with Crippen molar-refractivity contribution in [2.75, 3.05) is 26.0 Å². The summed E-state index contributed by atoms with van der Waals surface area (Å²) in [6, 6.07) is 14.0. The summed E-state index contributed by atoms with van der Waals surface area (Å²) in [6.45, 7) is 1.00. The van der Waals surface area contributed by atoms with Crippen LogP contribution in [0.1, 0.15) is 5.56 Å². The smallest absolute Gasteiger partial charge is 0.279 e. The van der Waals surface area contributed by atoms with Crippen molar-refractivity contribution >= 4 is 17.3 Å². The molecule has 0 aliphatic heterocycles. The minimum absolute atomic E-state index is 0.0864. The first-order chi connectivity index (χ1) is 11.5. The molecular formula is C17H20N3O4+. The molecule has 2 N–H and O–H groups in total. The quantitative estimate of drug-likeness (QED) is 0.591. The van der Waals surface area contributed by atoms with Crippen molar-refractivity contribution in [2.24, 2.45) is 0 Å². The van der Waals surface area contributed by atoms with Gasteiger partial charge in [-0.2, -0.15) is 0 Å². The number of benzene rings is 2. The molecule has 0 heterocycles. The highest BCUT2D eigenvalue weighted by Crippen LogP contribution is 2.28. The monoisotopic (exact) mass is 330 g/mol. The molecule has 0 aliphatic rings. The number of likely N-dealkylation sites (N-methyl/N-ethyl adjacent to an activating group) is 1. The van der Waals surface area contributed by atoms with E-state index in [0.717, 1.165) is 17.0 Å². The van der Waals surface area contributed by atoms with E-state index in [1.807, 2.05) is 37.4 Å². The van der Waals surface area contributed by atoms with Crippen LogP contribution in [0.25, 0.3) is 0 Å². The van der Waals surface area contributed by atoms with Gasteiger partial charge in [0.15, 0.2) is 6.54 Å². The van der Waals surface area contributed by atoms with Gasteiger partial charge >= 0.3 is 0 Å². The first kappa shape index (κ1) is 17.4. The number of amides is 1. The highest BCUT2D eigenvalue weighted by Gasteiger charge is 2.15. The Labute approximate surface area is 140 Å². The Hall–Kier alpha value is -2.93. The summed E-state index contributed by atoms with van der Waals surface area (Å²) >= 11 is 0. The van der Waals surface area contributed by atoms with Gasteiger partial charge in [0.1, 0.15) is 12.3 Å². The predicted octanol–water partition coefficient (Wildman–Crippen LogP) is 1.26. The number of nitrogens with one attached hydrogen (secondary N) is 2. The van der Waals surface area contributed by atoms with E-state index in [-0.39, 0.29) is 23.9 Å². The zero-order valence-corrected chi connectivity index (χ0v) is 13.6. The van der Waals surface area contributed by atoms with Crippen LogP contribution in [-0.2, 0) is 11.3 Å². The molecule has 1 unspecified atom stereocenters. The van der Waals surface area contributed by atoms with Crippen molar-refractivity contribution in [3.63, 3.8) is 0 Å². The summed E-state index contributed by atoms with van der Waals surface area (Å²) in [5, 5.41) is 13.5. The Morgan fingerprint density at radius 3 is 2.58 bits per heavy atom. The third kappa shape index (κ3) is 4.79. The fraction of sp³-hybridized carbons (Fsp3) is 0.235. The molecule has 0 aromatic heterocycles. The summed E-state index contributed by atoms with van der Waals surface area (Å²) in [6.07, 6.45) is 0. The van der Waals surface area contributed by atoms with Crippen molar-refractivity contribution in [2.45, 2.75) is 6.54 Å². The predicted molar refractivity (Wildman–Crippen MR) is 90.2 cm³/mol. The second-order valence-electron chi connectivity index (χ2n) is 5.49. The van der Waals surface area contributed by atoms with Crippen molar-refractivity contribution in [3.05, 3.63) is 64.2 Å². The Kier molecular flexibility index (Phi) is 5.86. The van der Waals surface area contributed by atoms with Crippen LogP contribution >= 0.6 is 0 Å². The number of nitro benzene ring substituents is 1. The maximum atomic E-state index is 12.2. The number of methoxy groups -OCH3 is 1. The largest absolute Gasteiger partial charge is 0.494 e. The maximum Gasteiger partial charge on any atom is 0.279 e. The molecule has 0 saturated heterocycles. The fourth-order valence-corrected chi connectivity index (χ4v) is 2.37. The SMILES string of the molecule is COc1cc([N+](=O)[O-])ccc1NC(=O)C[NH+](C)Cc1ccccc1. The standard InChI is InChI=1S/C17H19N3O4/c1-19(11-13-6-4-3-5-7-13)12-17(21)18-15-9-8-14(20(22)23)10-16(15)24-2/h3-10H,11-12H2,1-2H3,(H,18,21)/p+1. The van der Waals surface area contributed by atoms with Gasteiger partial charge in [0.2, 0.25) is 0 Å². The number of anilines is 1. The van der Waals surface area contributed by atoms with Crippen LogP contribution < -0.4 is 15.0 Å². The summed E-state index contributed by atoms with van der Waals surface area (Å²) < 4.78 is 5.11. The molecule has 0 aliphatic carbocycles. The number of carbonyl (C=O) groups is 1. The number of ether oxygens (including phenoxy) is 1. The van der Waals surface area contributed by atoms with Crippen LogP contribution in [-0.4, -0.2) is 31.5 Å². The van der Waals surface area contributed by atoms with Gasteiger partial charge in [-0.25, -0.2) is 0 Å². The van der Waals surface area contributed by atoms with E-state index < -0.39 is 4.92 Å². The lowest BCUT2D eigenvalue weighted by Gasteiger charge is -2.15. The number of non-ortho nitro benzene ring substituents is 1. The molecule has 2 aromatic carbocycles. The van der Waals surface area contributed by atoms with Gasteiger partial charge < -0.3 is 15.0 Å². The number of nitrogens with zero attached hydrogens (tertiary/aromatic N) is 1. The number of carbonyl (C=O) groups excluding carboxylic acids is 1. The van der Waals surface area contributed by atoms with Gasteiger partial charge in [0.05, 0.1) is 30.8 Å². The zero-order valence-electron chi connectivity index (χ0n) is 13.6. The average Bonchev–Trinajstić information content (AvgIpc) is 2.55. The summed E-state index contributed by atoms with van der Waals surface area (Å²) in [4.78, 5) is 23.5. The normalized spacial score (nSPS) is 11.6. The molecule has 7 nitrogen and oxygen atoms in total. The van der Waals surface area contributed by atoms with Crippen LogP contribution in [0, 0.1) is 10.1 Å². The van der Waals surface area contributed by atoms with Crippen molar-refractivity contribution in [3.8, 4) is 5.75 Å². The number of hydrogen-bond acceptors (Lipinski definition) is 4. The second-order valence-corrected chi connectivity index (χ2v) is 5.49. The van der Waals surface area contributed by atoms with Gasteiger partial charge in [0, 0.05) is 11.6 Å². The van der Waals surface area contributed by atoms with E-state index in [9.17, 15) is 14.9 Å². The average molecular weight is 330 g/mol. The van der Waals surface area contributed by atoms with Crippen LogP contribution in [0.3, 0.4) is 0 Å². The molecule has 0 fully saturated rings. The van der Waals surface area contributed by atoms with Crippen LogP contribution in [0.5, 0.6) is 5.75 Å². The van der Waals surface area contributed by atoms with Crippen molar-refractivity contribution in [1.82, 2.24) is 0 Å². The molecule has 0 spiro atoms. The molecule has 126 valence electrons. The van der Waals surface area contributed by atoms with E-state index in [0.29, 0.717) is 5.69 Å². The Morgan fingerprint density at radius 1 is 1.25 bits per heavy atom. The van der Waals surface area contributed by atoms with Crippen molar-refractivity contribution < 1.29 is 19.4 Å². The lowest BCUT2D eigenvalue weighted by atomic mass is 10.2.